The number of aryl methyl sites for hydroxylation is 2. The maximum atomic E-state index is 4.96. The molecule has 0 amide bonds. The fraction of sp³-hybridized carbons (Fsp3) is 0.633. The fourth-order valence-electron chi connectivity index (χ4n) is 5.57. The molecule has 0 N–H and O–H groups in total. The zero-order chi connectivity index (χ0) is 22.6. The molecule has 3 rings (SSSR count). The summed E-state index contributed by atoms with van der Waals surface area (Å²) in [6.45, 7) is 10.5. The Morgan fingerprint density at radius 3 is 2.44 bits per heavy atom. The Morgan fingerprint density at radius 2 is 1.69 bits per heavy atom. The van der Waals surface area contributed by atoms with Crippen LogP contribution in [0.1, 0.15) is 94.9 Å². The maximum absolute atomic E-state index is 4.96. The lowest BCUT2D eigenvalue weighted by Gasteiger charge is -2.21. The normalized spacial score (nSPS) is 15.0. The molecule has 1 aromatic carbocycles. The third-order valence-electron chi connectivity index (χ3n) is 7.25. The third-order valence-corrected chi connectivity index (χ3v) is 7.25. The quantitative estimate of drug-likeness (QED) is 0.221. The highest BCUT2D eigenvalue weighted by molar-refractivity contribution is 5.83. The molecule has 0 saturated heterocycles. The standard InChI is InChI=1S/C30H46N2/c1-4-22-32(23-5-2)24-14-13-19-28-27(18-8-6-7-15-26-16-9-10-17-26)25(3)31-30-21-12-11-20-29(28)30/h6,8,11-12,20-21,26H,4-5,7,9-10,13-19,22-24H2,1-3H3/b8-6+. The zero-order valence-electron chi connectivity index (χ0n) is 21.0. The van der Waals surface area contributed by atoms with E-state index in [0.29, 0.717) is 0 Å². The molecule has 0 unspecified atom stereocenters. The van der Waals surface area contributed by atoms with Gasteiger partial charge >= 0.3 is 0 Å². The van der Waals surface area contributed by atoms with Gasteiger partial charge in [0, 0.05) is 11.1 Å². The largest absolute Gasteiger partial charge is 0.303 e. The SMILES string of the molecule is CCCN(CCC)CCCCc1c(C/C=C/CCC2CCCC2)c(C)nc2ccccc12. The summed E-state index contributed by atoms with van der Waals surface area (Å²) in [7, 11) is 0. The van der Waals surface area contributed by atoms with Crippen molar-refractivity contribution in [3.8, 4) is 0 Å². The molecule has 0 aliphatic heterocycles. The molecular formula is C30H46N2. The molecule has 176 valence electrons. The lowest BCUT2D eigenvalue weighted by molar-refractivity contribution is 0.269. The van der Waals surface area contributed by atoms with E-state index < -0.39 is 0 Å². The molecule has 1 aliphatic rings. The topological polar surface area (TPSA) is 16.1 Å². The molecule has 1 saturated carbocycles. The maximum Gasteiger partial charge on any atom is 0.0708 e. The number of hydrogen-bond donors (Lipinski definition) is 0. The Hall–Kier alpha value is -1.67. The van der Waals surface area contributed by atoms with Gasteiger partial charge in [-0.1, -0.05) is 69.9 Å². The molecule has 2 aromatic rings. The Morgan fingerprint density at radius 1 is 0.938 bits per heavy atom. The van der Waals surface area contributed by atoms with Gasteiger partial charge in [-0.2, -0.15) is 0 Å². The van der Waals surface area contributed by atoms with E-state index >= 15 is 0 Å². The van der Waals surface area contributed by atoms with Crippen LogP contribution < -0.4 is 0 Å². The second-order valence-corrected chi connectivity index (χ2v) is 9.87. The van der Waals surface area contributed by atoms with Crippen LogP contribution in [0.4, 0.5) is 0 Å². The number of unbranched alkanes of at least 4 members (excludes halogenated alkanes) is 1. The van der Waals surface area contributed by atoms with Crippen LogP contribution in [0, 0.1) is 12.8 Å². The smallest absolute Gasteiger partial charge is 0.0708 e. The summed E-state index contributed by atoms with van der Waals surface area (Å²) in [6, 6.07) is 8.75. The number of aromatic nitrogens is 1. The average Bonchev–Trinajstić information content (AvgIpc) is 3.31. The van der Waals surface area contributed by atoms with Gasteiger partial charge in [0.25, 0.3) is 0 Å². The first-order chi connectivity index (χ1) is 15.7. The molecule has 0 spiro atoms. The molecule has 0 bridgehead atoms. The van der Waals surface area contributed by atoms with Crippen LogP contribution in [0.25, 0.3) is 10.9 Å². The summed E-state index contributed by atoms with van der Waals surface area (Å²) in [5.41, 5.74) is 5.40. The van der Waals surface area contributed by atoms with E-state index in [1.807, 2.05) is 0 Å². The molecule has 0 atom stereocenters. The number of para-hydroxylation sites is 1. The van der Waals surface area contributed by atoms with Crippen molar-refractivity contribution in [1.29, 1.82) is 0 Å². The Bertz CT molecular complexity index is 826. The molecule has 1 fully saturated rings. The zero-order valence-corrected chi connectivity index (χ0v) is 21.0. The second-order valence-electron chi connectivity index (χ2n) is 9.87. The highest BCUT2D eigenvalue weighted by atomic mass is 15.1. The van der Waals surface area contributed by atoms with Gasteiger partial charge in [0.2, 0.25) is 0 Å². The van der Waals surface area contributed by atoms with Crippen LogP contribution in [0.5, 0.6) is 0 Å². The number of benzene rings is 1. The number of rotatable bonds is 14. The first-order valence-corrected chi connectivity index (χ1v) is 13.5. The van der Waals surface area contributed by atoms with Crippen molar-refractivity contribution in [3.05, 3.63) is 53.2 Å². The van der Waals surface area contributed by atoms with E-state index in [1.54, 1.807) is 5.56 Å². The molecule has 1 heterocycles. The van der Waals surface area contributed by atoms with Gasteiger partial charge in [-0.15, -0.1) is 0 Å². The third kappa shape index (κ3) is 7.44. The Balaban J connectivity index is 1.64. The predicted molar refractivity (Wildman–Crippen MR) is 140 cm³/mol. The van der Waals surface area contributed by atoms with Crippen molar-refractivity contribution in [3.63, 3.8) is 0 Å². The summed E-state index contributed by atoms with van der Waals surface area (Å²) in [6.07, 6.45) is 20.5. The molecule has 1 aromatic heterocycles. The minimum Gasteiger partial charge on any atom is -0.303 e. The van der Waals surface area contributed by atoms with Gasteiger partial charge in [-0.05, 0) is 101 Å². The van der Waals surface area contributed by atoms with Gasteiger partial charge in [0.05, 0.1) is 5.52 Å². The van der Waals surface area contributed by atoms with Gasteiger partial charge in [0.1, 0.15) is 0 Å². The molecular weight excluding hydrogens is 388 g/mol. The highest BCUT2D eigenvalue weighted by Gasteiger charge is 2.14. The van der Waals surface area contributed by atoms with Crippen LogP contribution in [0.15, 0.2) is 36.4 Å². The van der Waals surface area contributed by atoms with Crippen molar-refractivity contribution >= 4 is 10.9 Å². The van der Waals surface area contributed by atoms with Gasteiger partial charge in [0.15, 0.2) is 0 Å². The monoisotopic (exact) mass is 434 g/mol. The Labute approximate surface area is 197 Å². The summed E-state index contributed by atoms with van der Waals surface area (Å²) in [5.74, 6) is 0.985. The minimum absolute atomic E-state index is 0.985. The fourth-order valence-corrected chi connectivity index (χ4v) is 5.57. The first-order valence-electron chi connectivity index (χ1n) is 13.5. The van der Waals surface area contributed by atoms with E-state index in [1.165, 1.54) is 107 Å². The highest BCUT2D eigenvalue weighted by Crippen LogP contribution is 2.29. The van der Waals surface area contributed by atoms with E-state index in [4.69, 9.17) is 4.98 Å². The van der Waals surface area contributed by atoms with Crippen molar-refractivity contribution in [2.45, 2.75) is 97.8 Å². The molecule has 2 heteroatoms. The van der Waals surface area contributed by atoms with Gasteiger partial charge < -0.3 is 4.90 Å². The average molecular weight is 435 g/mol. The number of allylic oxidation sites excluding steroid dienone is 2. The summed E-state index contributed by atoms with van der Waals surface area (Å²) in [4.78, 5) is 7.60. The number of hydrogen-bond acceptors (Lipinski definition) is 2. The van der Waals surface area contributed by atoms with Crippen LogP contribution in [-0.2, 0) is 12.8 Å². The van der Waals surface area contributed by atoms with E-state index in [-0.39, 0.29) is 0 Å². The predicted octanol–water partition coefficient (Wildman–Crippen LogP) is 8.06. The number of fused-ring (bicyclic) bond motifs is 1. The van der Waals surface area contributed by atoms with Crippen LogP contribution in [-0.4, -0.2) is 29.5 Å². The molecule has 32 heavy (non-hydrogen) atoms. The van der Waals surface area contributed by atoms with E-state index in [2.05, 4.69) is 62.1 Å². The lowest BCUT2D eigenvalue weighted by Crippen LogP contribution is -2.26. The van der Waals surface area contributed by atoms with Crippen molar-refractivity contribution in [2.75, 3.05) is 19.6 Å². The summed E-state index contributed by atoms with van der Waals surface area (Å²) in [5, 5.41) is 1.37. The lowest BCUT2D eigenvalue weighted by atomic mass is 9.94. The number of nitrogens with zero attached hydrogens (tertiary/aromatic N) is 2. The summed E-state index contributed by atoms with van der Waals surface area (Å²) < 4.78 is 0. The molecule has 0 radical (unpaired) electrons. The van der Waals surface area contributed by atoms with Gasteiger partial charge in [-0.3, -0.25) is 4.98 Å². The van der Waals surface area contributed by atoms with Crippen molar-refractivity contribution < 1.29 is 0 Å². The van der Waals surface area contributed by atoms with Crippen LogP contribution in [0.2, 0.25) is 0 Å². The van der Waals surface area contributed by atoms with Crippen molar-refractivity contribution in [1.82, 2.24) is 9.88 Å². The van der Waals surface area contributed by atoms with Gasteiger partial charge in [-0.25, -0.2) is 0 Å². The Kier molecular flexibility index (Phi) is 10.8. The van der Waals surface area contributed by atoms with E-state index in [9.17, 15) is 0 Å². The first kappa shape index (κ1) is 25.0. The molecule has 2 nitrogen and oxygen atoms in total. The van der Waals surface area contributed by atoms with Crippen LogP contribution in [0.3, 0.4) is 0 Å². The minimum atomic E-state index is 0.985. The second kappa shape index (κ2) is 13.8. The number of pyridine rings is 1. The van der Waals surface area contributed by atoms with Crippen LogP contribution >= 0.6 is 0 Å². The summed E-state index contributed by atoms with van der Waals surface area (Å²) >= 11 is 0. The molecule has 1 aliphatic carbocycles. The van der Waals surface area contributed by atoms with E-state index in [0.717, 1.165) is 17.9 Å². The van der Waals surface area contributed by atoms with Crippen molar-refractivity contribution in [2.24, 2.45) is 5.92 Å².